The van der Waals surface area contributed by atoms with E-state index in [1.807, 2.05) is 0 Å². The van der Waals surface area contributed by atoms with E-state index in [1.165, 1.54) is 0 Å². The zero-order chi connectivity index (χ0) is 18.4. The zero-order valence-corrected chi connectivity index (χ0v) is 14.8. The number of hydrogen-bond donors (Lipinski definition) is 1. The van der Waals surface area contributed by atoms with E-state index in [-0.39, 0.29) is 17.8 Å². The SMILES string of the molecule is Cc1cc(C(=O)N2CCC(OCCCN)CC2)cc(C)c1OC(F)F. The number of aryl methyl sites for hydroxylation is 2. The Kier molecular flexibility index (Phi) is 7.13. The molecule has 1 aliphatic rings. The second kappa shape index (κ2) is 9.10. The van der Waals surface area contributed by atoms with Gasteiger partial charge in [-0.15, -0.1) is 0 Å². The highest BCUT2D eigenvalue weighted by Gasteiger charge is 2.25. The molecule has 0 unspecified atom stereocenters. The van der Waals surface area contributed by atoms with E-state index < -0.39 is 6.61 Å². The van der Waals surface area contributed by atoms with Gasteiger partial charge in [0, 0.05) is 25.3 Å². The molecule has 0 aliphatic carbocycles. The summed E-state index contributed by atoms with van der Waals surface area (Å²) < 4.78 is 35.2. The molecule has 1 aromatic rings. The molecule has 7 heteroatoms. The van der Waals surface area contributed by atoms with Crippen molar-refractivity contribution < 1.29 is 23.0 Å². The maximum atomic E-state index is 12.7. The van der Waals surface area contributed by atoms with Crippen LogP contribution in [0, 0.1) is 13.8 Å². The molecular formula is C18H26F2N2O3. The molecule has 2 N–H and O–H groups in total. The van der Waals surface area contributed by atoms with Crippen molar-refractivity contribution in [2.45, 2.75) is 45.8 Å². The van der Waals surface area contributed by atoms with E-state index in [4.69, 9.17) is 10.5 Å². The van der Waals surface area contributed by atoms with Crippen molar-refractivity contribution in [2.75, 3.05) is 26.2 Å². The van der Waals surface area contributed by atoms with E-state index in [2.05, 4.69) is 4.74 Å². The summed E-state index contributed by atoms with van der Waals surface area (Å²) in [6.07, 6.45) is 2.59. The Hall–Kier alpha value is -1.73. The molecule has 1 heterocycles. The number of nitrogens with two attached hydrogens (primary N) is 1. The average molecular weight is 356 g/mol. The molecule has 0 atom stereocenters. The highest BCUT2D eigenvalue weighted by Crippen LogP contribution is 2.27. The van der Waals surface area contributed by atoms with Gasteiger partial charge in [0.2, 0.25) is 0 Å². The topological polar surface area (TPSA) is 64.8 Å². The van der Waals surface area contributed by atoms with Crippen LogP contribution in [0.15, 0.2) is 12.1 Å². The van der Waals surface area contributed by atoms with Crippen LogP contribution in [-0.4, -0.2) is 49.8 Å². The van der Waals surface area contributed by atoms with Crippen LogP contribution in [0.25, 0.3) is 0 Å². The number of carbonyl (C=O) groups is 1. The second-order valence-corrected chi connectivity index (χ2v) is 6.32. The second-order valence-electron chi connectivity index (χ2n) is 6.32. The minimum atomic E-state index is -2.88. The van der Waals surface area contributed by atoms with Crippen molar-refractivity contribution in [3.63, 3.8) is 0 Å². The molecule has 1 aliphatic heterocycles. The number of hydrogen-bond acceptors (Lipinski definition) is 4. The fraction of sp³-hybridized carbons (Fsp3) is 0.611. The summed E-state index contributed by atoms with van der Waals surface area (Å²) in [5.74, 6) is 0.0498. The van der Waals surface area contributed by atoms with E-state index in [0.29, 0.717) is 42.9 Å². The molecule has 1 fully saturated rings. The number of piperidine rings is 1. The fourth-order valence-corrected chi connectivity index (χ4v) is 3.09. The number of rotatable bonds is 7. The first-order chi connectivity index (χ1) is 11.9. The minimum Gasteiger partial charge on any atom is -0.434 e. The number of alkyl halides is 2. The van der Waals surface area contributed by atoms with Gasteiger partial charge < -0.3 is 20.1 Å². The molecular weight excluding hydrogens is 330 g/mol. The number of ether oxygens (including phenoxy) is 2. The molecule has 25 heavy (non-hydrogen) atoms. The van der Waals surface area contributed by atoms with Gasteiger partial charge in [0.05, 0.1) is 6.10 Å². The van der Waals surface area contributed by atoms with Gasteiger partial charge in [0.15, 0.2) is 0 Å². The van der Waals surface area contributed by atoms with Crippen LogP contribution in [0.1, 0.15) is 40.7 Å². The van der Waals surface area contributed by atoms with Crippen molar-refractivity contribution in [1.82, 2.24) is 4.90 Å². The molecule has 0 aromatic heterocycles. The Bertz CT molecular complexity index is 565. The molecule has 0 spiro atoms. The van der Waals surface area contributed by atoms with Crippen LogP contribution in [0.5, 0.6) is 5.75 Å². The highest BCUT2D eigenvalue weighted by molar-refractivity contribution is 5.95. The number of nitrogens with zero attached hydrogens (tertiary/aromatic N) is 1. The van der Waals surface area contributed by atoms with Crippen LogP contribution in [-0.2, 0) is 4.74 Å². The molecule has 1 saturated heterocycles. The fourth-order valence-electron chi connectivity index (χ4n) is 3.09. The molecule has 1 aromatic carbocycles. The number of carbonyl (C=O) groups excluding carboxylic acids is 1. The summed E-state index contributed by atoms with van der Waals surface area (Å²) in [7, 11) is 0. The lowest BCUT2D eigenvalue weighted by molar-refractivity contribution is -0.0507. The van der Waals surface area contributed by atoms with E-state index in [9.17, 15) is 13.6 Å². The first kappa shape index (κ1) is 19.6. The lowest BCUT2D eigenvalue weighted by atomic mass is 10.0. The van der Waals surface area contributed by atoms with Gasteiger partial charge >= 0.3 is 6.61 Å². The minimum absolute atomic E-state index is 0.0878. The maximum Gasteiger partial charge on any atom is 0.387 e. The van der Waals surface area contributed by atoms with Gasteiger partial charge in [-0.25, -0.2) is 0 Å². The first-order valence-electron chi connectivity index (χ1n) is 8.59. The van der Waals surface area contributed by atoms with Crippen molar-refractivity contribution in [1.29, 1.82) is 0 Å². The summed E-state index contributed by atoms with van der Waals surface area (Å²) in [6, 6.07) is 3.22. The Balaban J connectivity index is 1.97. The van der Waals surface area contributed by atoms with Crippen molar-refractivity contribution in [3.8, 4) is 5.75 Å². The van der Waals surface area contributed by atoms with Gasteiger partial charge in [-0.1, -0.05) is 0 Å². The zero-order valence-electron chi connectivity index (χ0n) is 14.8. The summed E-state index contributed by atoms with van der Waals surface area (Å²) in [6.45, 7) is 2.97. The third kappa shape index (κ3) is 5.37. The summed E-state index contributed by atoms with van der Waals surface area (Å²) in [5.41, 5.74) is 7.01. The summed E-state index contributed by atoms with van der Waals surface area (Å²) in [4.78, 5) is 14.5. The monoisotopic (exact) mass is 356 g/mol. The van der Waals surface area contributed by atoms with Gasteiger partial charge in [0.1, 0.15) is 5.75 Å². The van der Waals surface area contributed by atoms with Crippen LogP contribution in [0.3, 0.4) is 0 Å². The van der Waals surface area contributed by atoms with Crippen LogP contribution in [0.4, 0.5) is 8.78 Å². The highest BCUT2D eigenvalue weighted by atomic mass is 19.3. The third-order valence-electron chi connectivity index (χ3n) is 4.35. The van der Waals surface area contributed by atoms with E-state index in [0.717, 1.165) is 19.3 Å². The Morgan fingerprint density at radius 3 is 2.40 bits per heavy atom. The Labute approximate surface area is 147 Å². The maximum absolute atomic E-state index is 12.7. The Morgan fingerprint density at radius 1 is 1.28 bits per heavy atom. The number of benzene rings is 1. The number of amides is 1. The predicted octanol–water partition coefficient (Wildman–Crippen LogP) is 2.87. The largest absolute Gasteiger partial charge is 0.434 e. The van der Waals surface area contributed by atoms with Crippen molar-refractivity contribution in [2.24, 2.45) is 5.73 Å². The molecule has 140 valence electrons. The quantitative estimate of drug-likeness (QED) is 0.763. The van der Waals surface area contributed by atoms with Gasteiger partial charge in [-0.2, -0.15) is 8.78 Å². The third-order valence-corrected chi connectivity index (χ3v) is 4.35. The van der Waals surface area contributed by atoms with Crippen LogP contribution in [0.2, 0.25) is 0 Å². The molecule has 0 saturated carbocycles. The van der Waals surface area contributed by atoms with Gasteiger partial charge in [-0.05, 0) is 62.9 Å². The first-order valence-corrected chi connectivity index (χ1v) is 8.59. The average Bonchev–Trinajstić information content (AvgIpc) is 2.58. The number of likely N-dealkylation sites (tertiary alicyclic amines) is 1. The number of halogens is 2. The molecule has 0 bridgehead atoms. The lowest BCUT2D eigenvalue weighted by Crippen LogP contribution is -2.41. The molecule has 0 radical (unpaired) electrons. The molecule has 5 nitrogen and oxygen atoms in total. The van der Waals surface area contributed by atoms with Gasteiger partial charge in [0.25, 0.3) is 5.91 Å². The van der Waals surface area contributed by atoms with E-state index >= 15 is 0 Å². The van der Waals surface area contributed by atoms with Crippen LogP contribution >= 0.6 is 0 Å². The standard InChI is InChI=1S/C18H26F2N2O3/c1-12-10-14(11-13(2)16(12)25-18(19)20)17(23)22-7-4-15(5-8-22)24-9-3-6-21/h10-11,15,18H,3-9,21H2,1-2H3. The molecule has 1 amide bonds. The van der Waals surface area contributed by atoms with Crippen LogP contribution < -0.4 is 10.5 Å². The summed E-state index contributed by atoms with van der Waals surface area (Å²) in [5, 5.41) is 0. The Morgan fingerprint density at radius 2 is 1.88 bits per heavy atom. The summed E-state index contributed by atoms with van der Waals surface area (Å²) >= 11 is 0. The predicted molar refractivity (Wildman–Crippen MR) is 91.1 cm³/mol. The van der Waals surface area contributed by atoms with E-state index in [1.54, 1.807) is 30.9 Å². The lowest BCUT2D eigenvalue weighted by Gasteiger charge is -2.32. The van der Waals surface area contributed by atoms with Crippen molar-refractivity contribution in [3.05, 3.63) is 28.8 Å². The molecule has 2 rings (SSSR count). The normalized spacial score (nSPS) is 15.7. The smallest absolute Gasteiger partial charge is 0.387 e. The van der Waals surface area contributed by atoms with Gasteiger partial charge in [-0.3, -0.25) is 4.79 Å². The van der Waals surface area contributed by atoms with Crippen molar-refractivity contribution >= 4 is 5.91 Å².